The summed E-state index contributed by atoms with van der Waals surface area (Å²) >= 11 is 0. The molecule has 0 aromatic heterocycles. The topological polar surface area (TPSA) is 48.9 Å². The molecule has 5 nitrogen and oxygen atoms in total. The van der Waals surface area contributed by atoms with Crippen molar-refractivity contribution in [1.29, 1.82) is 0 Å². The van der Waals surface area contributed by atoms with Crippen LogP contribution in [0.3, 0.4) is 0 Å². The van der Waals surface area contributed by atoms with Crippen molar-refractivity contribution in [3.63, 3.8) is 0 Å². The monoisotopic (exact) mass is 268 g/mol. The Morgan fingerprint density at radius 3 is 2.84 bits per heavy atom. The van der Waals surface area contributed by atoms with Gasteiger partial charge in [-0.25, -0.2) is 0 Å². The lowest BCUT2D eigenvalue weighted by Gasteiger charge is -2.32. The smallest absolute Gasteiger partial charge is 0.191 e. The molecule has 0 spiro atoms. The Balaban J connectivity index is 1.73. The summed E-state index contributed by atoms with van der Waals surface area (Å²) in [6.45, 7) is 12.1. The maximum absolute atomic E-state index is 5.45. The minimum Gasteiger partial charge on any atom is -0.379 e. The van der Waals surface area contributed by atoms with E-state index in [0.717, 1.165) is 51.3 Å². The third-order valence-electron chi connectivity index (χ3n) is 3.94. The van der Waals surface area contributed by atoms with Crippen LogP contribution in [0, 0.1) is 5.92 Å². The fourth-order valence-corrected chi connectivity index (χ4v) is 2.40. The van der Waals surface area contributed by atoms with Crippen LogP contribution < -0.4 is 10.6 Å². The van der Waals surface area contributed by atoms with Gasteiger partial charge >= 0.3 is 0 Å². The lowest BCUT2D eigenvalue weighted by Crippen LogP contribution is -2.45. The summed E-state index contributed by atoms with van der Waals surface area (Å²) in [7, 11) is 0. The van der Waals surface area contributed by atoms with Gasteiger partial charge in [-0.15, -0.1) is 0 Å². The highest BCUT2D eigenvalue weighted by atomic mass is 16.5. The lowest BCUT2D eigenvalue weighted by atomic mass is 10.2. The molecular formula is C14H28N4O. The molecule has 0 amide bonds. The highest BCUT2D eigenvalue weighted by Gasteiger charge is 2.33. The van der Waals surface area contributed by atoms with E-state index in [9.17, 15) is 0 Å². The number of rotatable bonds is 5. The largest absolute Gasteiger partial charge is 0.379 e. The average Bonchev–Trinajstić information content (AvgIpc) is 3.07. The second-order valence-electron chi connectivity index (χ2n) is 5.68. The number of ether oxygens (including phenoxy) is 1. The maximum atomic E-state index is 5.45. The summed E-state index contributed by atoms with van der Waals surface area (Å²) in [5.41, 5.74) is 0. The first-order chi connectivity index (χ1) is 9.20. The molecule has 5 heteroatoms. The van der Waals surface area contributed by atoms with Gasteiger partial charge in [-0.3, -0.25) is 9.89 Å². The van der Waals surface area contributed by atoms with Crippen molar-refractivity contribution in [3.8, 4) is 0 Å². The van der Waals surface area contributed by atoms with E-state index in [1.807, 2.05) is 0 Å². The third kappa shape index (κ3) is 4.66. The zero-order valence-corrected chi connectivity index (χ0v) is 12.5. The number of nitrogens with zero attached hydrogens (tertiary/aromatic N) is 2. The van der Waals surface area contributed by atoms with E-state index in [2.05, 4.69) is 41.3 Å². The molecule has 2 N–H and O–H groups in total. The van der Waals surface area contributed by atoms with Crippen LogP contribution in [0.25, 0.3) is 0 Å². The fraction of sp³-hybridized carbons (Fsp3) is 0.929. The normalized spacial score (nSPS) is 32.2. The molecule has 2 fully saturated rings. The van der Waals surface area contributed by atoms with E-state index in [0.29, 0.717) is 12.1 Å². The Bertz CT molecular complexity index is 308. The number of hydrogen-bond acceptors (Lipinski definition) is 3. The Morgan fingerprint density at radius 1 is 1.42 bits per heavy atom. The van der Waals surface area contributed by atoms with Gasteiger partial charge in [0.15, 0.2) is 5.96 Å². The molecule has 2 rings (SSSR count). The standard InChI is InChI=1S/C14H28N4O/c1-4-15-14(17-13-9-11(13)2)16-5-6-18-7-8-19-10-12(18)3/h11-13H,4-10H2,1-3H3,(H2,15,16,17). The van der Waals surface area contributed by atoms with Crippen molar-refractivity contribution in [1.82, 2.24) is 15.5 Å². The first-order valence-corrected chi connectivity index (χ1v) is 7.57. The first kappa shape index (κ1) is 14.6. The number of nitrogens with one attached hydrogen (secondary N) is 2. The second kappa shape index (κ2) is 7.10. The summed E-state index contributed by atoms with van der Waals surface area (Å²) in [6.07, 6.45) is 1.27. The van der Waals surface area contributed by atoms with Crippen molar-refractivity contribution in [2.75, 3.05) is 39.4 Å². The Kier molecular flexibility index (Phi) is 5.45. The fourth-order valence-electron chi connectivity index (χ4n) is 2.40. The van der Waals surface area contributed by atoms with Crippen LogP contribution in [0.4, 0.5) is 0 Å². The average molecular weight is 268 g/mol. The Labute approximate surface area is 116 Å². The van der Waals surface area contributed by atoms with Gasteiger partial charge < -0.3 is 15.4 Å². The summed E-state index contributed by atoms with van der Waals surface area (Å²) in [6, 6.07) is 1.14. The molecule has 0 aromatic rings. The van der Waals surface area contributed by atoms with E-state index in [1.54, 1.807) is 0 Å². The SMILES string of the molecule is CCNC(=NCCN1CCOCC1C)NC1CC1C. The minimum absolute atomic E-state index is 0.517. The summed E-state index contributed by atoms with van der Waals surface area (Å²) < 4.78 is 5.45. The predicted octanol–water partition coefficient (Wildman–Crippen LogP) is 0.671. The van der Waals surface area contributed by atoms with Gasteiger partial charge in [0.2, 0.25) is 0 Å². The minimum atomic E-state index is 0.517. The van der Waals surface area contributed by atoms with Gasteiger partial charge in [-0.2, -0.15) is 0 Å². The van der Waals surface area contributed by atoms with Crippen LogP contribution >= 0.6 is 0 Å². The highest BCUT2D eigenvalue weighted by molar-refractivity contribution is 5.80. The maximum Gasteiger partial charge on any atom is 0.191 e. The molecule has 0 bridgehead atoms. The summed E-state index contributed by atoms with van der Waals surface area (Å²) in [4.78, 5) is 7.12. The van der Waals surface area contributed by atoms with Gasteiger partial charge in [0.1, 0.15) is 0 Å². The molecule has 0 aromatic carbocycles. The molecule has 3 unspecified atom stereocenters. The zero-order valence-electron chi connectivity index (χ0n) is 12.5. The molecule has 1 aliphatic carbocycles. The number of morpholine rings is 1. The van der Waals surface area contributed by atoms with Crippen LogP contribution in [-0.4, -0.2) is 62.3 Å². The molecule has 1 saturated carbocycles. The summed E-state index contributed by atoms with van der Waals surface area (Å²) in [5.74, 6) is 1.76. The number of hydrogen-bond donors (Lipinski definition) is 2. The third-order valence-corrected chi connectivity index (χ3v) is 3.94. The van der Waals surface area contributed by atoms with Crippen molar-refractivity contribution in [3.05, 3.63) is 0 Å². The quantitative estimate of drug-likeness (QED) is 0.568. The van der Waals surface area contributed by atoms with E-state index < -0.39 is 0 Å². The van der Waals surface area contributed by atoms with Crippen LogP contribution in [0.2, 0.25) is 0 Å². The molecule has 19 heavy (non-hydrogen) atoms. The number of guanidine groups is 1. The molecular weight excluding hydrogens is 240 g/mol. The van der Waals surface area contributed by atoms with Gasteiger partial charge in [0, 0.05) is 31.7 Å². The molecule has 1 aliphatic heterocycles. The molecule has 3 atom stereocenters. The van der Waals surface area contributed by atoms with Crippen molar-refractivity contribution in [2.24, 2.45) is 10.9 Å². The Morgan fingerprint density at radius 2 is 2.21 bits per heavy atom. The molecule has 2 aliphatic rings. The molecule has 1 heterocycles. The summed E-state index contributed by atoms with van der Waals surface area (Å²) in [5, 5.41) is 6.81. The van der Waals surface area contributed by atoms with Gasteiger partial charge in [-0.05, 0) is 26.2 Å². The zero-order chi connectivity index (χ0) is 13.7. The van der Waals surface area contributed by atoms with E-state index >= 15 is 0 Å². The van der Waals surface area contributed by atoms with E-state index in [-0.39, 0.29) is 0 Å². The second-order valence-corrected chi connectivity index (χ2v) is 5.68. The van der Waals surface area contributed by atoms with E-state index in [4.69, 9.17) is 4.74 Å². The van der Waals surface area contributed by atoms with Crippen LogP contribution in [0.1, 0.15) is 27.2 Å². The molecule has 0 radical (unpaired) electrons. The van der Waals surface area contributed by atoms with Crippen LogP contribution in [0.5, 0.6) is 0 Å². The number of aliphatic imine (C=N–C) groups is 1. The predicted molar refractivity (Wildman–Crippen MR) is 78.5 cm³/mol. The van der Waals surface area contributed by atoms with E-state index in [1.165, 1.54) is 6.42 Å². The van der Waals surface area contributed by atoms with Crippen LogP contribution in [-0.2, 0) is 4.74 Å². The Hall–Kier alpha value is -0.810. The van der Waals surface area contributed by atoms with Crippen molar-refractivity contribution in [2.45, 2.75) is 39.3 Å². The van der Waals surface area contributed by atoms with Crippen molar-refractivity contribution >= 4 is 5.96 Å². The van der Waals surface area contributed by atoms with Gasteiger partial charge in [0.25, 0.3) is 0 Å². The van der Waals surface area contributed by atoms with Gasteiger partial charge in [0.05, 0.1) is 19.8 Å². The first-order valence-electron chi connectivity index (χ1n) is 7.57. The van der Waals surface area contributed by atoms with Crippen LogP contribution in [0.15, 0.2) is 4.99 Å². The molecule has 1 saturated heterocycles. The molecule has 110 valence electrons. The lowest BCUT2D eigenvalue weighted by molar-refractivity contribution is 0.00141. The highest BCUT2D eigenvalue weighted by Crippen LogP contribution is 2.28. The van der Waals surface area contributed by atoms with Gasteiger partial charge in [-0.1, -0.05) is 6.92 Å². The van der Waals surface area contributed by atoms with Crippen molar-refractivity contribution < 1.29 is 4.74 Å².